The van der Waals surface area contributed by atoms with Crippen LogP contribution in [-0.2, 0) is 4.79 Å². The number of amides is 1. The van der Waals surface area contributed by atoms with Crippen molar-refractivity contribution >= 4 is 17.5 Å². The van der Waals surface area contributed by atoms with Gasteiger partial charge in [-0.3, -0.25) is 4.79 Å². The molecule has 30 heavy (non-hydrogen) atoms. The maximum atomic E-state index is 12.8. The predicted molar refractivity (Wildman–Crippen MR) is 119 cm³/mol. The minimum absolute atomic E-state index is 0.0322. The van der Waals surface area contributed by atoms with Gasteiger partial charge >= 0.3 is 0 Å². The Bertz CT molecular complexity index is 959. The Labute approximate surface area is 176 Å². The maximum Gasteiger partial charge on any atom is 0.229 e. The van der Waals surface area contributed by atoms with Gasteiger partial charge in [0.1, 0.15) is 5.75 Å². The zero-order valence-electron chi connectivity index (χ0n) is 17.1. The molecule has 4 rings (SSSR count). The van der Waals surface area contributed by atoms with E-state index in [1.54, 1.807) is 0 Å². The van der Waals surface area contributed by atoms with Crippen molar-refractivity contribution in [2.75, 3.05) is 29.9 Å². The van der Waals surface area contributed by atoms with E-state index in [9.17, 15) is 4.79 Å². The SMILES string of the molecule is CCOc1ccc(NC(=O)C2CCCN(c3ncc(-c4ccccc4)cn3)C2)cc1. The third-order valence-electron chi connectivity index (χ3n) is 5.25. The maximum absolute atomic E-state index is 12.8. The summed E-state index contributed by atoms with van der Waals surface area (Å²) in [5.41, 5.74) is 2.86. The fraction of sp³-hybridized carbons (Fsp3) is 0.292. The summed E-state index contributed by atoms with van der Waals surface area (Å²) in [7, 11) is 0. The van der Waals surface area contributed by atoms with Crippen LogP contribution < -0.4 is 15.0 Å². The molecule has 1 N–H and O–H groups in total. The number of hydrogen-bond donors (Lipinski definition) is 1. The minimum Gasteiger partial charge on any atom is -0.494 e. The molecule has 154 valence electrons. The van der Waals surface area contributed by atoms with Crippen LogP contribution in [0.2, 0.25) is 0 Å². The second kappa shape index (κ2) is 9.39. The minimum atomic E-state index is -0.0947. The molecular formula is C24H26N4O2. The number of nitrogens with zero attached hydrogens (tertiary/aromatic N) is 3. The van der Waals surface area contributed by atoms with E-state index in [0.29, 0.717) is 19.1 Å². The van der Waals surface area contributed by atoms with Crippen LogP contribution in [-0.4, -0.2) is 35.6 Å². The summed E-state index contributed by atoms with van der Waals surface area (Å²) in [6.45, 7) is 4.05. The molecule has 1 atom stereocenters. The van der Waals surface area contributed by atoms with E-state index in [1.807, 2.05) is 73.9 Å². The van der Waals surface area contributed by atoms with Crippen LogP contribution in [0.3, 0.4) is 0 Å². The van der Waals surface area contributed by atoms with Gasteiger partial charge in [-0.1, -0.05) is 30.3 Å². The number of carbonyl (C=O) groups is 1. The van der Waals surface area contributed by atoms with Crippen LogP contribution in [0.15, 0.2) is 67.0 Å². The number of aromatic nitrogens is 2. The third kappa shape index (κ3) is 4.76. The Balaban J connectivity index is 1.38. The van der Waals surface area contributed by atoms with Crippen molar-refractivity contribution in [1.29, 1.82) is 0 Å². The number of benzene rings is 2. The molecule has 0 aliphatic carbocycles. The highest BCUT2D eigenvalue weighted by Crippen LogP contribution is 2.24. The Kier molecular flexibility index (Phi) is 6.23. The summed E-state index contributed by atoms with van der Waals surface area (Å²) < 4.78 is 5.45. The molecule has 3 aromatic rings. The van der Waals surface area contributed by atoms with E-state index < -0.39 is 0 Å². The van der Waals surface area contributed by atoms with E-state index >= 15 is 0 Å². The standard InChI is InChI=1S/C24H26N4O2/c1-2-30-22-12-10-21(11-13-22)27-23(29)19-9-6-14-28(17-19)24-25-15-20(16-26-24)18-7-4-3-5-8-18/h3-5,7-8,10-13,15-16,19H,2,6,9,14,17H2,1H3,(H,27,29). The molecule has 1 aliphatic rings. The molecular weight excluding hydrogens is 376 g/mol. The molecule has 6 nitrogen and oxygen atoms in total. The smallest absolute Gasteiger partial charge is 0.229 e. The number of rotatable bonds is 6. The van der Waals surface area contributed by atoms with Crippen molar-refractivity contribution < 1.29 is 9.53 Å². The second-order valence-corrected chi connectivity index (χ2v) is 7.37. The molecule has 6 heteroatoms. The second-order valence-electron chi connectivity index (χ2n) is 7.37. The lowest BCUT2D eigenvalue weighted by Gasteiger charge is -2.32. The predicted octanol–water partition coefficient (Wildman–Crippen LogP) is 4.40. The highest BCUT2D eigenvalue weighted by Gasteiger charge is 2.27. The van der Waals surface area contributed by atoms with E-state index in [2.05, 4.69) is 20.2 Å². The molecule has 1 aliphatic heterocycles. The largest absolute Gasteiger partial charge is 0.494 e. The van der Waals surface area contributed by atoms with Gasteiger partial charge in [0.2, 0.25) is 11.9 Å². The summed E-state index contributed by atoms with van der Waals surface area (Å²) in [6, 6.07) is 17.6. The Morgan fingerprint density at radius 1 is 1.07 bits per heavy atom. The average Bonchev–Trinajstić information content (AvgIpc) is 2.81. The zero-order valence-corrected chi connectivity index (χ0v) is 17.1. The molecule has 1 saturated heterocycles. The molecule has 1 fully saturated rings. The molecule has 0 radical (unpaired) electrons. The monoisotopic (exact) mass is 402 g/mol. The lowest BCUT2D eigenvalue weighted by molar-refractivity contribution is -0.120. The van der Waals surface area contributed by atoms with Crippen molar-refractivity contribution in [3.8, 4) is 16.9 Å². The van der Waals surface area contributed by atoms with Crippen LogP contribution in [0.4, 0.5) is 11.6 Å². The normalized spacial score (nSPS) is 16.2. The first-order chi connectivity index (χ1) is 14.7. The summed E-state index contributed by atoms with van der Waals surface area (Å²) in [6.07, 6.45) is 5.50. The average molecular weight is 402 g/mol. The van der Waals surface area contributed by atoms with Gasteiger partial charge in [-0.15, -0.1) is 0 Å². The Morgan fingerprint density at radius 3 is 2.50 bits per heavy atom. The van der Waals surface area contributed by atoms with Gasteiger partial charge < -0.3 is 15.0 Å². The van der Waals surface area contributed by atoms with Gasteiger partial charge in [0.05, 0.1) is 12.5 Å². The molecule has 2 aromatic carbocycles. The van der Waals surface area contributed by atoms with Gasteiger partial charge in [-0.25, -0.2) is 9.97 Å². The number of piperidine rings is 1. The third-order valence-corrected chi connectivity index (χ3v) is 5.25. The van der Waals surface area contributed by atoms with Crippen LogP contribution in [0.5, 0.6) is 5.75 Å². The van der Waals surface area contributed by atoms with Crippen LogP contribution in [0, 0.1) is 5.92 Å². The molecule has 1 amide bonds. The fourth-order valence-electron chi connectivity index (χ4n) is 3.68. The van der Waals surface area contributed by atoms with Crippen LogP contribution in [0.1, 0.15) is 19.8 Å². The van der Waals surface area contributed by atoms with E-state index in [0.717, 1.165) is 42.0 Å². The van der Waals surface area contributed by atoms with Crippen molar-refractivity contribution in [2.45, 2.75) is 19.8 Å². The van der Waals surface area contributed by atoms with Crippen LogP contribution >= 0.6 is 0 Å². The van der Waals surface area contributed by atoms with Crippen molar-refractivity contribution in [3.63, 3.8) is 0 Å². The van der Waals surface area contributed by atoms with Crippen molar-refractivity contribution in [2.24, 2.45) is 5.92 Å². The van der Waals surface area contributed by atoms with E-state index in [4.69, 9.17) is 4.74 Å². The van der Waals surface area contributed by atoms with Gasteiger partial charge in [0.15, 0.2) is 0 Å². The first-order valence-corrected chi connectivity index (χ1v) is 10.4. The Morgan fingerprint density at radius 2 is 1.80 bits per heavy atom. The zero-order chi connectivity index (χ0) is 20.8. The number of nitrogens with one attached hydrogen (secondary N) is 1. The topological polar surface area (TPSA) is 67.3 Å². The Hall–Kier alpha value is -3.41. The van der Waals surface area contributed by atoms with E-state index in [1.165, 1.54) is 0 Å². The molecule has 1 aromatic heterocycles. The number of hydrogen-bond acceptors (Lipinski definition) is 5. The summed E-state index contributed by atoms with van der Waals surface area (Å²) >= 11 is 0. The summed E-state index contributed by atoms with van der Waals surface area (Å²) in [5, 5.41) is 3.02. The highest BCUT2D eigenvalue weighted by atomic mass is 16.5. The van der Waals surface area contributed by atoms with Gasteiger partial charge in [-0.2, -0.15) is 0 Å². The van der Waals surface area contributed by atoms with Gasteiger partial charge in [-0.05, 0) is 49.6 Å². The molecule has 0 bridgehead atoms. The summed E-state index contributed by atoms with van der Waals surface area (Å²) in [4.78, 5) is 24.0. The highest BCUT2D eigenvalue weighted by molar-refractivity contribution is 5.93. The van der Waals surface area contributed by atoms with Gasteiger partial charge in [0, 0.05) is 36.7 Å². The van der Waals surface area contributed by atoms with Crippen LogP contribution in [0.25, 0.3) is 11.1 Å². The molecule has 0 saturated carbocycles. The van der Waals surface area contributed by atoms with Crippen molar-refractivity contribution in [1.82, 2.24) is 9.97 Å². The number of ether oxygens (including phenoxy) is 1. The fourth-order valence-corrected chi connectivity index (χ4v) is 3.68. The quantitative estimate of drug-likeness (QED) is 0.662. The molecule has 1 unspecified atom stereocenters. The lowest BCUT2D eigenvalue weighted by Crippen LogP contribution is -2.41. The molecule has 0 spiro atoms. The molecule has 2 heterocycles. The van der Waals surface area contributed by atoms with E-state index in [-0.39, 0.29) is 11.8 Å². The van der Waals surface area contributed by atoms with Crippen molar-refractivity contribution in [3.05, 3.63) is 67.0 Å². The van der Waals surface area contributed by atoms with Gasteiger partial charge in [0.25, 0.3) is 0 Å². The summed E-state index contributed by atoms with van der Waals surface area (Å²) in [5.74, 6) is 1.41. The first kappa shape index (κ1) is 19.9. The number of carbonyl (C=O) groups excluding carboxylic acids is 1. The first-order valence-electron chi connectivity index (χ1n) is 10.4. The number of anilines is 2. The lowest BCUT2D eigenvalue weighted by atomic mass is 9.97.